The molecule has 1 aliphatic carbocycles. The van der Waals surface area contributed by atoms with E-state index in [4.69, 9.17) is 5.73 Å². The highest BCUT2D eigenvalue weighted by Gasteiger charge is 2.22. The molecule has 0 aromatic heterocycles. The Morgan fingerprint density at radius 1 is 1.19 bits per heavy atom. The molecule has 0 heterocycles. The van der Waals surface area contributed by atoms with E-state index in [1.54, 1.807) is 0 Å². The predicted molar refractivity (Wildman–Crippen MR) is 72.0 cm³/mol. The summed E-state index contributed by atoms with van der Waals surface area (Å²) >= 11 is 0. The van der Waals surface area contributed by atoms with E-state index in [1.807, 2.05) is 0 Å². The van der Waals surface area contributed by atoms with Gasteiger partial charge in [0.1, 0.15) is 0 Å². The number of hydrogen-bond acceptors (Lipinski definition) is 1. The molecule has 0 aliphatic heterocycles. The third-order valence-corrected chi connectivity index (χ3v) is 3.68. The Labute approximate surface area is 105 Å². The molecule has 0 bridgehead atoms. The Morgan fingerprint density at radius 3 is 2.25 bits per heavy atom. The highest BCUT2D eigenvalue weighted by molar-refractivity contribution is 5.85. The van der Waals surface area contributed by atoms with Crippen molar-refractivity contribution in [2.24, 2.45) is 11.7 Å². The van der Waals surface area contributed by atoms with Crippen molar-refractivity contribution < 1.29 is 0 Å². The van der Waals surface area contributed by atoms with E-state index in [0.29, 0.717) is 0 Å². The summed E-state index contributed by atoms with van der Waals surface area (Å²) in [6, 6.07) is 9.11. The first-order valence-electron chi connectivity index (χ1n) is 6.15. The average molecular weight is 240 g/mol. The van der Waals surface area contributed by atoms with Gasteiger partial charge in [0.25, 0.3) is 0 Å². The Balaban J connectivity index is 0.00000128. The summed E-state index contributed by atoms with van der Waals surface area (Å²) in [5.74, 6) is 0.720. The molecular weight excluding hydrogens is 218 g/mol. The maximum Gasteiger partial charge on any atom is 0.0323 e. The molecule has 1 aliphatic rings. The van der Waals surface area contributed by atoms with E-state index in [0.717, 1.165) is 12.3 Å². The highest BCUT2D eigenvalue weighted by Crippen LogP contribution is 2.34. The fourth-order valence-electron chi connectivity index (χ4n) is 2.56. The molecule has 0 radical (unpaired) electrons. The van der Waals surface area contributed by atoms with Crippen molar-refractivity contribution in [2.45, 2.75) is 45.1 Å². The van der Waals surface area contributed by atoms with Crippen LogP contribution >= 0.6 is 12.4 Å². The largest absolute Gasteiger partial charge is 0.324 e. The molecule has 0 amide bonds. The van der Waals surface area contributed by atoms with Gasteiger partial charge in [0.05, 0.1) is 0 Å². The molecule has 2 N–H and O–H groups in total. The minimum Gasteiger partial charge on any atom is -0.324 e. The summed E-state index contributed by atoms with van der Waals surface area (Å²) in [4.78, 5) is 0. The van der Waals surface area contributed by atoms with Crippen LogP contribution in [0, 0.1) is 5.92 Å². The summed E-state index contributed by atoms with van der Waals surface area (Å²) in [5, 5.41) is 0. The van der Waals surface area contributed by atoms with Gasteiger partial charge >= 0.3 is 0 Å². The van der Waals surface area contributed by atoms with Gasteiger partial charge in [-0.05, 0) is 36.3 Å². The molecule has 1 aromatic carbocycles. The minimum atomic E-state index is 0. The quantitative estimate of drug-likeness (QED) is 0.852. The lowest BCUT2D eigenvalue weighted by Gasteiger charge is -2.19. The second-order valence-electron chi connectivity index (χ2n) is 4.67. The first-order chi connectivity index (χ1) is 7.31. The maximum atomic E-state index is 6.29. The van der Waals surface area contributed by atoms with E-state index < -0.39 is 0 Å². The van der Waals surface area contributed by atoms with Gasteiger partial charge in [-0.1, -0.05) is 44.0 Å². The van der Waals surface area contributed by atoms with Gasteiger partial charge in [-0.2, -0.15) is 0 Å². The predicted octanol–water partition coefficient (Wildman–Crippen LogP) is 3.86. The van der Waals surface area contributed by atoms with Gasteiger partial charge in [-0.25, -0.2) is 0 Å². The van der Waals surface area contributed by atoms with Gasteiger partial charge in [-0.15, -0.1) is 12.4 Å². The average Bonchev–Trinajstić information content (AvgIpc) is 2.82. The molecule has 2 heteroatoms. The van der Waals surface area contributed by atoms with Crippen LogP contribution in [0.25, 0.3) is 0 Å². The van der Waals surface area contributed by atoms with E-state index in [1.165, 1.54) is 36.8 Å². The summed E-state index contributed by atoms with van der Waals surface area (Å²) in [7, 11) is 0. The Morgan fingerprint density at radius 2 is 1.75 bits per heavy atom. The zero-order chi connectivity index (χ0) is 10.7. The Hall–Kier alpha value is -0.530. The first kappa shape index (κ1) is 13.5. The normalized spacial score (nSPS) is 18.1. The number of hydrogen-bond donors (Lipinski definition) is 1. The lowest BCUT2D eigenvalue weighted by atomic mass is 9.92. The molecule has 1 nitrogen and oxygen atoms in total. The zero-order valence-electron chi connectivity index (χ0n) is 9.99. The van der Waals surface area contributed by atoms with Crippen molar-refractivity contribution in [1.29, 1.82) is 0 Å². The van der Waals surface area contributed by atoms with Crippen LogP contribution in [0.1, 0.15) is 49.8 Å². The topological polar surface area (TPSA) is 26.0 Å². The second kappa shape index (κ2) is 6.27. The lowest BCUT2D eigenvalue weighted by molar-refractivity contribution is 0.445. The number of benzene rings is 1. The molecule has 16 heavy (non-hydrogen) atoms. The fraction of sp³-hybridized carbons (Fsp3) is 0.571. The summed E-state index contributed by atoms with van der Waals surface area (Å²) in [5.41, 5.74) is 9.01. The molecule has 0 unspecified atom stereocenters. The van der Waals surface area contributed by atoms with Crippen LogP contribution in [0.15, 0.2) is 24.3 Å². The summed E-state index contributed by atoms with van der Waals surface area (Å²) in [6.07, 6.45) is 6.48. The van der Waals surface area contributed by atoms with Gasteiger partial charge in [0.2, 0.25) is 0 Å². The van der Waals surface area contributed by atoms with Crippen molar-refractivity contribution in [3.05, 3.63) is 35.4 Å². The van der Waals surface area contributed by atoms with Crippen LogP contribution in [0.2, 0.25) is 0 Å². The van der Waals surface area contributed by atoms with Crippen LogP contribution in [0.3, 0.4) is 0 Å². The van der Waals surface area contributed by atoms with Crippen LogP contribution in [0.5, 0.6) is 0 Å². The van der Waals surface area contributed by atoms with E-state index in [-0.39, 0.29) is 18.4 Å². The van der Waals surface area contributed by atoms with Crippen molar-refractivity contribution in [3.8, 4) is 0 Å². The monoisotopic (exact) mass is 239 g/mol. The summed E-state index contributed by atoms with van der Waals surface area (Å²) in [6.45, 7) is 2.19. The maximum absolute atomic E-state index is 6.29. The molecule has 1 aromatic rings. The van der Waals surface area contributed by atoms with Crippen LogP contribution < -0.4 is 5.73 Å². The highest BCUT2D eigenvalue weighted by atomic mass is 35.5. The van der Waals surface area contributed by atoms with Crippen molar-refractivity contribution >= 4 is 12.4 Å². The lowest BCUT2D eigenvalue weighted by Crippen LogP contribution is -2.18. The number of halogens is 1. The van der Waals surface area contributed by atoms with E-state index in [2.05, 4.69) is 31.2 Å². The van der Waals surface area contributed by atoms with Crippen molar-refractivity contribution in [3.63, 3.8) is 0 Å². The second-order valence-corrected chi connectivity index (χ2v) is 4.67. The van der Waals surface area contributed by atoms with Crippen LogP contribution in [-0.4, -0.2) is 0 Å². The Bertz CT molecular complexity index is 301. The minimum absolute atomic E-state index is 0. The standard InChI is InChI=1S/C14H21N.ClH/c1-2-11-7-9-13(10-8-11)14(15)12-5-3-4-6-12;/h7-10,12,14H,2-6,15H2,1H3;1H/t14-;/m1./s1. The SMILES string of the molecule is CCc1ccc([C@H](N)C2CCCC2)cc1.Cl. The summed E-state index contributed by atoms with van der Waals surface area (Å²) < 4.78 is 0. The third-order valence-electron chi connectivity index (χ3n) is 3.68. The molecule has 90 valence electrons. The molecule has 1 fully saturated rings. The molecular formula is C14H22ClN. The number of aryl methyl sites for hydroxylation is 1. The zero-order valence-corrected chi connectivity index (χ0v) is 10.8. The van der Waals surface area contributed by atoms with Crippen molar-refractivity contribution in [1.82, 2.24) is 0 Å². The third kappa shape index (κ3) is 2.99. The van der Waals surface area contributed by atoms with Gasteiger partial charge in [0, 0.05) is 6.04 Å². The Kier molecular flexibility index (Phi) is 5.30. The van der Waals surface area contributed by atoms with Gasteiger partial charge in [-0.3, -0.25) is 0 Å². The molecule has 1 atom stereocenters. The fourth-order valence-corrected chi connectivity index (χ4v) is 2.56. The molecule has 2 rings (SSSR count). The van der Waals surface area contributed by atoms with E-state index >= 15 is 0 Å². The van der Waals surface area contributed by atoms with Gasteiger partial charge < -0.3 is 5.73 Å². The number of nitrogens with two attached hydrogens (primary N) is 1. The molecule has 0 spiro atoms. The smallest absolute Gasteiger partial charge is 0.0323 e. The van der Waals surface area contributed by atoms with Crippen LogP contribution in [0.4, 0.5) is 0 Å². The molecule has 1 saturated carbocycles. The van der Waals surface area contributed by atoms with E-state index in [9.17, 15) is 0 Å². The molecule has 0 saturated heterocycles. The van der Waals surface area contributed by atoms with Crippen molar-refractivity contribution in [2.75, 3.05) is 0 Å². The van der Waals surface area contributed by atoms with Gasteiger partial charge in [0.15, 0.2) is 0 Å². The number of rotatable bonds is 3. The van der Waals surface area contributed by atoms with Crippen LogP contribution in [-0.2, 0) is 6.42 Å². The first-order valence-corrected chi connectivity index (χ1v) is 6.15.